The number of rotatable bonds is 3. The molecule has 5 rings (SSSR count). The van der Waals surface area contributed by atoms with Crippen LogP contribution in [0.15, 0.2) is 49.1 Å². The van der Waals surface area contributed by atoms with Gasteiger partial charge in [-0.15, -0.1) is 0 Å². The molecule has 1 saturated heterocycles. The van der Waals surface area contributed by atoms with Crippen LogP contribution in [0.5, 0.6) is 0 Å². The number of hydrogen-bond donors (Lipinski definition) is 0. The lowest BCUT2D eigenvalue weighted by Gasteiger charge is -2.28. The Morgan fingerprint density at radius 3 is 2.52 bits per heavy atom. The minimum atomic E-state index is 0.706. The monoisotopic (exact) mass is 360 g/mol. The summed E-state index contributed by atoms with van der Waals surface area (Å²) in [6.45, 7) is 3.90. The number of aromatic nitrogens is 4. The van der Waals surface area contributed by atoms with Crippen molar-refractivity contribution in [2.45, 2.75) is 6.42 Å². The third kappa shape index (κ3) is 3.00. The molecule has 0 radical (unpaired) electrons. The Kier molecular flexibility index (Phi) is 4.14. The molecule has 2 aliphatic heterocycles. The lowest BCUT2D eigenvalue weighted by Crippen LogP contribution is -2.37. The lowest BCUT2D eigenvalue weighted by atomic mass is 10.1. The first-order chi connectivity index (χ1) is 13.4. The van der Waals surface area contributed by atoms with Gasteiger partial charge in [0, 0.05) is 49.4 Å². The highest BCUT2D eigenvalue weighted by Crippen LogP contribution is 2.38. The molecule has 5 heterocycles. The molecule has 0 spiro atoms. The third-order valence-corrected chi connectivity index (χ3v) is 5.02. The zero-order chi connectivity index (χ0) is 18.1. The molecular weight excluding hydrogens is 340 g/mol. The average Bonchev–Trinajstić information content (AvgIpc) is 3.19. The second kappa shape index (κ2) is 6.92. The van der Waals surface area contributed by atoms with E-state index in [0.717, 1.165) is 54.8 Å². The van der Waals surface area contributed by atoms with Gasteiger partial charge in [0.15, 0.2) is 0 Å². The molecule has 0 aliphatic carbocycles. The van der Waals surface area contributed by atoms with Crippen LogP contribution in [-0.2, 0) is 11.2 Å². The van der Waals surface area contributed by atoms with Gasteiger partial charge < -0.3 is 14.5 Å². The second-order valence-electron chi connectivity index (χ2n) is 6.62. The first-order valence-corrected chi connectivity index (χ1v) is 9.22. The van der Waals surface area contributed by atoms with E-state index in [1.165, 1.54) is 5.56 Å². The van der Waals surface area contributed by atoms with Gasteiger partial charge in [-0.1, -0.05) is 0 Å². The summed E-state index contributed by atoms with van der Waals surface area (Å²) in [5.74, 6) is 1.74. The van der Waals surface area contributed by atoms with Crippen LogP contribution in [0.25, 0.3) is 11.3 Å². The quantitative estimate of drug-likeness (QED) is 0.711. The molecule has 3 aromatic rings. The van der Waals surface area contributed by atoms with Crippen molar-refractivity contribution in [3.63, 3.8) is 0 Å². The highest BCUT2D eigenvalue weighted by atomic mass is 16.5. The van der Waals surface area contributed by atoms with Gasteiger partial charge in [-0.05, 0) is 30.7 Å². The van der Waals surface area contributed by atoms with Crippen LogP contribution < -0.4 is 9.80 Å². The third-order valence-electron chi connectivity index (χ3n) is 5.02. The van der Waals surface area contributed by atoms with Crippen LogP contribution in [-0.4, -0.2) is 52.8 Å². The Balaban J connectivity index is 1.65. The Hall–Kier alpha value is -3.06. The summed E-state index contributed by atoms with van der Waals surface area (Å²) < 4.78 is 5.49. The largest absolute Gasteiger partial charge is 0.378 e. The summed E-state index contributed by atoms with van der Waals surface area (Å²) in [5, 5.41) is 0. The van der Waals surface area contributed by atoms with Crippen molar-refractivity contribution >= 4 is 17.5 Å². The van der Waals surface area contributed by atoms with Crippen molar-refractivity contribution in [2.75, 3.05) is 42.6 Å². The maximum atomic E-state index is 5.49. The molecule has 7 nitrogen and oxygen atoms in total. The number of pyridine rings is 2. The maximum absolute atomic E-state index is 5.49. The van der Waals surface area contributed by atoms with Gasteiger partial charge >= 0.3 is 0 Å². The summed E-state index contributed by atoms with van der Waals surface area (Å²) in [6, 6.07) is 8.06. The van der Waals surface area contributed by atoms with Crippen molar-refractivity contribution in [2.24, 2.45) is 0 Å². The fourth-order valence-corrected chi connectivity index (χ4v) is 3.66. The fraction of sp³-hybridized carbons (Fsp3) is 0.300. The summed E-state index contributed by atoms with van der Waals surface area (Å²) in [5.41, 5.74) is 4.31. The minimum absolute atomic E-state index is 0.706. The number of morpholine rings is 1. The molecule has 0 bridgehead atoms. The Labute approximate surface area is 157 Å². The number of anilines is 3. The second-order valence-corrected chi connectivity index (χ2v) is 6.62. The average molecular weight is 360 g/mol. The smallest absolute Gasteiger partial charge is 0.228 e. The van der Waals surface area contributed by atoms with E-state index in [-0.39, 0.29) is 0 Å². The van der Waals surface area contributed by atoms with E-state index in [2.05, 4.69) is 25.8 Å². The molecule has 136 valence electrons. The Morgan fingerprint density at radius 1 is 0.889 bits per heavy atom. The van der Waals surface area contributed by atoms with Crippen LogP contribution in [0, 0.1) is 0 Å². The number of ether oxygens (including phenoxy) is 1. The molecule has 0 atom stereocenters. The zero-order valence-corrected chi connectivity index (χ0v) is 15.0. The summed E-state index contributed by atoms with van der Waals surface area (Å²) in [6.07, 6.45) is 8.21. The van der Waals surface area contributed by atoms with Crippen molar-refractivity contribution < 1.29 is 4.74 Å². The van der Waals surface area contributed by atoms with Crippen molar-refractivity contribution in [3.8, 4) is 11.3 Å². The summed E-state index contributed by atoms with van der Waals surface area (Å²) >= 11 is 0. The van der Waals surface area contributed by atoms with Gasteiger partial charge in [-0.25, -0.2) is 4.98 Å². The molecule has 3 aromatic heterocycles. The topological polar surface area (TPSA) is 67.3 Å². The van der Waals surface area contributed by atoms with E-state index in [1.54, 1.807) is 6.20 Å². The van der Waals surface area contributed by atoms with Crippen LogP contribution in [0.4, 0.5) is 17.5 Å². The predicted molar refractivity (Wildman–Crippen MR) is 103 cm³/mol. The molecular formula is C20H20N6O. The predicted octanol–water partition coefficient (Wildman–Crippen LogP) is 2.46. The standard InChI is InChI=1S/C20H20N6O/c1-2-16(14-22-6-1)26-9-5-17-18(15-3-7-21-8-4-15)23-20(24-19(17)26)25-10-12-27-13-11-25/h1-4,6-8,14H,5,9-13H2. The maximum Gasteiger partial charge on any atom is 0.228 e. The molecule has 0 amide bonds. The van der Waals surface area contributed by atoms with Gasteiger partial charge in [0.05, 0.1) is 30.8 Å². The van der Waals surface area contributed by atoms with Crippen molar-refractivity contribution in [1.29, 1.82) is 0 Å². The van der Waals surface area contributed by atoms with Crippen LogP contribution >= 0.6 is 0 Å². The van der Waals surface area contributed by atoms with Crippen LogP contribution in [0.1, 0.15) is 5.56 Å². The van der Waals surface area contributed by atoms with Crippen molar-refractivity contribution in [3.05, 3.63) is 54.6 Å². The van der Waals surface area contributed by atoms with Crippen molar-refractivity contribution in [1.82, 2.24) is 19.9 Å². The summed E-state index contributed by atoms with van der Waals surface area (Å²) in [4.78, 5) is 22.8. The molecule has 2 aliphatic rings. The Bertz CT molecular complexity index is 928. The molecule has 0 aromatic carbocycles. The van der Waals surface area contributed by atoms with E-state index in [1.807, 2.05) is 36.8 Å². The highest BCUT2D eigenvalue weighted by Gasteiger charge is 2.29. The Morgan fingerprint density at radius 2 is 1.74 bits per heavy atom. The van der Waals surface area contributed by atoms with Gasteiger partial charge in [0.25, 0.3) is 0 Å². The van der Waals surface area contributed by atoms with Crippen LogP contribution in [0.3, 0.4) is 0 Å². The molecule has 7 heteroatoms. The van der Waals surface area contributed by atoms with E-state index in [4.69, 9.17) is 14.7 Å². The minimum Gasteiger partial charge on any atom is -0.378 e. The van der Waals surface area contributed by atoms with Gasteiger partial charge in [-0.3, -0.25) is 9.97 Å². The molecule has 0 unspecified atom stereocenters. The van der Waals surface area contributed by atoms with Crippen LogP contribution in [0.2, 0.25) is 0 Å². The number of hydrogen-bond acceptors (Lipinski definition) is 7. The van der Waals surface area contributed by atoms with E-state index in [0.29, 0.717) is 13.2 Å². The summed E-state index contributed by atoms with van der Waals surface area (Å²) in [7, 11) is 0. The van der Waals surface area contributed by atoms with E-state index in [9.17, 15) is 0 Å². The SMILES string of the molecule is c1cncc(N2CCc3c(-c4ccncc4)nc(N4CCOCC4)nc32)c1. The molecule has 27 heavy (non-hydrogen) atoms. The van der Waals surface area contributed by atoms with Gasteiger partial charge in [0.1, 0.15) is 5.82 Å². The number of nitrogens with zero attached hydrogens (tertiary/aromatic N) is 6. The molecule has 1 fully saturated rings. The van der Waals surface area contributed by atoms with Gasteiger partial charge in [-0.2, -0.15) is 4.98 Å². The van der Waals surface area contributed by atoms with E-state index >= 15 is 0 Å². The fourth-order valence-electron chi connectivity index (χ4n) is 3.66. The first kappa shape index (κ1) is 16.1. The van der Waals surface area contributed by atoms with E-state index < -0.39 is 0 Å². The molecule has 0 N–H and O–H groups in total. The normalized spacial score (nSPS) is 16.4. The zero-order valence-electron chi connectivity index (χ0n) is 15.0. The lowest BCUT2D eigenvalue weighted by molar-refractivity contribution is 0.122. The number of fused-ring (bicyclic) bond motifs is 1. The highest BCUT2D eigenvalue weighted by molar-refractivity contribution is 5.76. The molecule has 0 saturated carbocycles. The van der Waals surface area contributed by atoms with Gasteiger partial charge in [0.2, 0.25) is 5.95 Å². The first-order valence-electron chi connectivity index (χ1n) is 9.22.